The molecule has 0 fully saturated rings. The molecule has 0 aliphatic carbocycles. The second kappa shape index (κ2) is 7.78. The molecule has 4 nitrogen and oxygen atoms in total. The van der Waals surface area contributed by atoms with Crippen LogP contribution in [0.3, 0.4) is 0 Å². The molecule has 1 N–H and O–H groups in total. The maximum atomic E-state index is 12.3. The van der Waals surface area contributed by atoms with Gasteiger partial charge < -0.3 is 9.52 Å². The van der Waals surface area contributed by atoms with Gasteiger partial charge in [0, 0.05) is 12.0 Å². The minimum absolute atomic E-state index is 0.0232. The van der Waals surface area contributed by atoms with E-state index < -0.39 is 11.4 Å². The highest BCUT2D eigenvalue weighted by Crippen LogP contribution is 2.25. The lowest BCUT2D eigenvalue weighted by atomic mass is 10.00. The second-order valence-corrected chi connectivity index (χ2v) is 5.81. The third-order valence-corrected chi connectivity index (χ3v) is 3.41. The van der Waals surface area contributed by atoms with Crippen LogP contribution in [0.4, 0.5) is 0 Å². The average Bonchev–Trinajstić information content (AvgIpc) is 2.43. The van der Waals surface area contributed by atoms with Crippen LogP contribution in [-0.4, -0.2) is 10.9 Å². The highest BCUT2D eigenvalue weighted by molar-refractivity contribution is 6.09. The van der Waals surface area contributed by atoms with Crippen molar-refractivity contribution in [1.82, 2.24) is 0 Å². The third kappa shape index (κ3) is 4.45. The smallest absolute Gasteiger partial charge is 0.351 e. The molecule has 120 valence electrons. The zero-order valence-electron chi connectivity index (χ0n) is 13.9. The SMILES string of the molecule is CCC[C@@H](C)c1cc(O)c(C(=O)/C(C)=C/C=C(C)C)c(=O)o1. The van der Waals surface area contributed by atoms with E-state index in [2.05, 4.69) is 0 Å². The quantitative estimate of drug-likeness (QED) is 0.482. The predicted octanol–water partition coefficient (Wildman–Crippen LogP) is 4.34. The lowest BCUT2D eigenvalue weighted by Crippen LogP contribution is -2.16. The topological polar surface area (TPSA) is 67.5 Å². The van der Waals surface area contributed by atoms with Gasteiger partial charge in [0.25, 0.3) is 0 Å². The van der Waals surface area contributed by atoms with Crippen LogP contribution in [0, 0.1) is 0 Å². The third-order valence-electron chi connectivity index (χ3n) is 3.41. The molecule has 1 atom stereocenters. The van der Waals surface area contributed by atoms with E-state index in [0.717, 1.165) is 18.4 Å². The second-order valence-electron chi connectivity index (χ2n) is 5.81. The molecule has 22 heavy (non-hydrogen) atoms. The van der Waals surface area contributed by atoms with Crippen molar-refractivity contribution in [1.29, 1.82) is 0 Å². The standard InChI is InChI=1S/C18H24O4/c1-6-7-12(4)15-10-14(19)16(18(21)22-15)17(20)13(5)9-8-11(2)3/h8-10,12,19H,6-7H2,1-5H3/b13-9+/t12-/m1/s1. The minimum atomic E-state index is -0.784. The lowest BCUT2D eigenvalue weighted by molar-refractivity contribution is 0.102. The number of ketones is 1. The summed E-state index contributed by atoms with van der Waals surface area (Å²) < 4.78 is 5.22. The Balaban J connectivity index is 3.22. The van der Waals surface area contributed by atoms with Crippen molar-refractivity contribution in [3.8, 4) is 5.75 Å². The van der Waals surface area contributed by atoms with E-state index in [4.69, 9.17) is 4.42 Å². The van der Waals surface area contributed by atoms with Crippen molar-refractivity contribution >= 4 is 5.78 Å². The monoisotopic (exact) mass is 304 g/mol. The van der Waals surface area contributed by atoms with Crippen LogP contribution in [0.25, 0.3) is 0 Å². The number of Topliss-reactive ketones (excluding diaryl/α,β-unsaturated/α-hetero) is 1. The van der Waals surface area contributed by atoms with E-state index in [0.29, 0.717) is 11.3 Å². The average molecular weight is 304 g/mol. The number of aromatic hydroxyl groups is 1. The number of allylic oxidation sites excluding steroid dienone is 4. The lowest BCUT2D eigenvalue weighted by Gasteiger charge is -2.10. The molecule has 1 heterocycles. The largest absolute Gasteiger partial charge is 0.507 e. The predicted molar refractivity (Wildman–Crippen MR) is 87.5 cm³/mol. The molecule has 0 spiro atoms. The van der Waals surface area contributed by atoms with E-state index in [1.807, 2.05) is 27.7 Å². The zero-order valence-corrected chi connectivity index (χ0v) is 13.9. The molecule has 0 aromatic carbocycles. The summed E-state index contributed by atoms with van der Waals surface area (Å²) in [6, 6.07) is 1.38. The number of carbonyl (C=O) groups is 1. The molecule has 1 rings (SSSR count). The summed E-state index contributed by atoms with van der Waals surface area (Å²) in [6.45, 7) is 9.37. The van der Waals surface area contributed by atoms with E-state index in [-0.39, 0.29) is 17.2 Å². The van der Waals surface area contributed by atoms with Crippen molar-refractivity contribution in [2.24, 2.45) is 0 Å². The molecule has 0 saturated heterocycles. The molecule has 4 heteroatoms. The number of hydrogen-bond donors (Lipinski definition) is 1. The van der Waals surface area contributed by atoms with Gasteiger partial charge in [0.1, 0.15) is 17.1 Å². The number of carbonyl (C=O) groups excluding carboxylic acids is 1. The van der Waals surface area contributed by atoms with Crippen LogP contribution in [0.15, 0.2) is 38.6 Å². The Morgan fingerprint density at radius 2 is 1.95 bits per heavy atom. The minimum Gasteiger partial charge on any atom is -0.507 e. The molecule has 0 bridgehead atoms. The first-order valence-electron chi connectivity index (χ1n) is 7.51. The Morgan fingerprint density at radius 1 is 1.32 bits per heavy atom. The van der Waals surface area contributed by atoms with Crippen LogP contribution in [0.1, 0.15) is 69.5 Å². The first-order valence-corrected chi connectivity index (χ1v) is 7.51. The first kappa shape index (κ1) is 18.0. The summed E-state index contributed by atoms with van der Waals surface area (Å²) in [7, 11) is 0. The number of hydrogen-bond acceptors (Lipinski definition) is 4. The molecule has 0 aliphatic rings. The Bertz CT molecular complexity index is 658. The van der Waals surface area contributed by atoms with Crippen molar-refractivity contribution in [2.45, 2.75) is 53.4 Å². The van der Waals surface area contributed by atoms with Crippen molar-refractivity contribution in [2.75, 3.05) is 0 Å². The fourth-order valence-corrected chi connectivity index (χ4v) is 2.09. The molecule has 1 aromatic rings. The van der Waals surface area contributed by atoms with Crippen LogP contribution in [0.5, 0.6) is 5.75 Å². The summed E-state index contributed by atoms with van der Waals surface area (Å²) in [6.07, 6.45) is 5.19. The van der Waals surface area contributed by atoms with Gasteiger partial charge in [0.15, 0.2) is 5.78 Å². The molecule has 0 unspecified atom stereocenters. The van der Waals surface area contributed by atoms with Gasteiger partial charge in [-0.15, -0.1) is 0 Å². The Kier molecular flexibility index (Phi) is 6.35. The van der Waals surface area contributed by atoms with Gasteiger partial charge in [-0.3, -0.25) is 4.79 Å². The summed E-state index contributed by atoms with van der Waals surface area (Å²) in [5.74, 6) is -0.399. The maximum Gasteiger partial charge on any atom is 0.351 e. The van der Waals surface area contributed by atoms with Gasteiger partial charge in [-0.1, -0.05) is 38.0 Å². The van der Waals surface area contributed by atoms with Gasteiger partial charge in [-0.2, -0.15) is 0 Å². The summed E-state index contributed by atoms with van der Waals surface area (Å²) in [5, 5.41) is 10.1. The zero-order chi connectivity index (χ0) is 16.9. The maximum absolute atomic E-state index is 12.3. The van der Waals surface area contributed by atoms with Gasteiger partial charge >= 0.3 is 5.63 Å². The van der Waals surface area contributed by atoms with Crippen molar-refractivity contribution in [3.05, 3.63) is 51.1 Å². The van der Waals surface area contributed by atoms with Gasteiger partial charge in [-0.25, -0.2) is 4.79 Å². The molecular formula is C18H24O4. The Labute approximate surface area is 131 Å². The van der Waals surface area contributed by atoms with E-state index >= 15 is 0 Å². The summed E-state index contributed by atoms with van der Waals surface area (Å²) in [4.78, 5) is 24.4. The number of rotatable bonds is 6. The summed E-state index contributed by atoms with van der Waals surface area (Å²) in [5.41, 5.74) is 0.321. The van der Waals surface area contributed by atoms with E-state index in [9.17, 15) is 14.7 Å². The van der Waals surface area contributed by atoms with Crippen LogP contribution in [0.2, 0.25) is 0 Å². The van der Waals surface area contributed by atoms with Crippen molar-refractivity contribution < 1.29 is 14.3 Å². The van der Waals surface area contributed by atoms with Crippen LogP contribution >= 0.6 is 0 Å². The van der Waals surface area contributed by atoms with E-state index in [1.165, 1.54) is 6.07 Å². The molecule has 0 radical (unpaired) electrons. The summed E-state index contributed by atoms with van der Waals surface area (Å²) >= 11 is 0. The molecule has 0 saturated carbocycles. The highest BCUT2D eigenvalue weighted by atomic mass is 16.4. The Hall–Kier alpha value is -2.10. The Morgan fingerprint density at radius 3 is 2.45 bits per heavy atom. The van der Waals surface area contributed by atoms with Gasteiger partial charge in [-0.05, 0) is 32.8 Å². The highest BCUT2D eigenvalue weighted by Gasteiger charge is 2.21. The fourth-order valence-electron chi connectivity index (χ4n) is 2.09. The van der Waals surface area contributed by atoms with Gasteiger partial charge in [0.2, 0.25) is 0 Å². The first-order chi connectivity index (χ1) is 10.3. The molecular weight excluding hydrogens is 280 g/mol. The molecule has 1 aromatic heterocycles. The molecule has 0 amide bonds. The van der Waals surface area contributed by atoms with Crippen LogP contribution in [-0.2, 0) is 0 Å². The molecule has 0 aliphatic heterocycles. The van der Waals surface area contributed by atoms with Crippen LogP contribution < -0.4 is 5.63 Å². The van der Waals surface area contributed by atoms with Gasteiger partial charge in [0.05, 0.1) is 0 Å². The van der Waals surface area contributed by atoms with E-state index in [1.54, 1.807) is 19.1 Å². The van der Waals surface area contributed by atoms with Crippen molar-refractivity contribution in [3.63, 3.8) is 0 Å². The fraction of sp³-hybridized carbons (Fsp3) is 0.444. The normalized spacial score (nSPS) is 12.9.